The normalized spacial score (nSPS) is 31.6. The fourth-order valence-electron chi connectivity index (χ4n) is 3.05. The van der Waals surface area contributed by atoms with Crippen molar-refractivity contribution in [1.29, 1.82) is 0 Å². The number of esters is 1. The van der Waals surface area contributed by atoms with Gasteiger partial charge in [-0.05, 0) is 37.8 Å². The first kappa shape index (κ1) is 10.6. The summed E-state index contributed by atoms with van der Waals surface area (Å²) >= 11 is 0. The molecular weight excluding hydrogens is 212 g/mol. The summed E-state index contributed by atoms with van der Waals surface area (Å²) in [5.74, 6) is -0.0501. The number of hydrogen-bond donors (Lipinski definition) is 0. The van der Waals surface area contributed by atoms with E-state index in [1.54, 1.807) is 0 Å². The molecule has 3 rings (SSSR count). The highest BCUT2D eigenvalue weighted by molar-refractivity contribution is 5.91. The van der Waals surface area contributed by atoms with Crippen LogP contribution in [0.5, 0.6) is 0 Å². The molecule has 1 heterocycles. The van der Waals surface area contributed by atoms with Gasteiger partial charge in [-0.2, -0.15) is 0 Å². The van der Waals surface area contributed by atoms with Gasteiger partial charge in [0.05, 0.1) is 0 Å². The predicted molar refractivity (Wildman–Crippen MR) is 66.3 cm³/mol. The Balaban J connectivity index is 2.13. The highest BCUT2D eigenvalue weighted by Gasteiger charge is 2.43. The number of hydrogen-bond acceptors (Lipinski definition) is 2. The average molecular weight is 228 g/mol. The summed E-state index contributed by atoms with van der Waals surface area (Å²) in [6, 6.07) is 0. The van der Waals surface area contributed by atoms with E-state index in [9.17, 15) is 4.79 Å². The molecule has 0 radical (unpaired) electrons. The van der Waals surface area contributed by atoms with Gasteiger partial charge in [0.2, 0.25) is 0 Å². The highest BCUT2D eigenvalue weighted by atomic mass is 16.6. The first-order chi connectivity index (χ1) is 8.09. The third-order valence-electron chi connectivity index (χ3n) is 4.10. The molecular formula is C15H16O2. The summed E-state index contributed by atoms with van der Waals surface area (Å²) in [6.07, 6.45) is 6.16. The Morgan fingerprint density at radius 2 is 2.12 bits per heavy atom. The fourth-order valence-corrected chi connectivity index (χ4v) is 3.05. The standard InChI is InChI=1S/C15H16O2/c1-8-4-7-12-10(3)15(16)17-14(12)13-9(2)5-6-11(8)13/h5-6,12,14H,3-4,7H2,1-2H3/t12-,14-/m0/s1. The quantitative estimate of drug-likeness (QED) is 0.470. The maximum atomic E-state index is 11.6. The minimum absolute atomic E-state index is 0.0996. The molecule has 2 nitrogen and oxygen atoms in total. The van der Waals surface area contributed by atoms with Gasteiger partial charge in [0.25, 0.3) is 0 Å². The van der Waals surface area contributed by atoms with Crippen LogP contribution in [0.2, 0.25) is 0 Å². The first-order valence-corrected chi connectivity index (χ1v) is 6.08. The Hall–Kier alpha value is -1.57. The van der Waals surface area contributed by atoms with Crippen molar-refractivity contribution in [2.24, 2.45) is 5.92 Å². The zero-order valence-corrected chi connectivity index (χ0v) is 10.2. The van der Waals surface area contributed by atoms with Crippen molar-refractivity contribution in [3.05, 3.63) is 46.6 Å². The van der Waals surface area contributed by atoms with Crippen molar-refractivity contribution in [1.82, 2.24) is 0 Å². The van der Waals surface area contributed by atoms with Crippen molar-refractivity contribution in [3.63, 3.8) is 0 Å². The average Bonchev–Trinajstić information content (AvgIpc) is 2.75. The third kappa shape index (κ3) is 1.36. The topological polar surface area (TPSA) is 26.3 Å². The lowest BCUT2D eigenvalue weighted by Crippen LogP contribution is -2.18. The van der Waals surface area contributed by atoms with Crippen molar-refractivity contribution in [2.75, 3.05) is 0 Å². The van der Waals surface area contributed by atoms with Crippen molar-refractivity contribution in [3.8, 4) is 0 Å². The minimum Gasteiger partial charge on any atom is -0.453 e. The molecule has 0 amide bonds. The Bertz CT molecular complexity index is 517. The largest absolute Gasteiger partial charge is 0.453 e. The molecule has 0 spiro atoms. The van der Waals surface area contributed by atoms with Crippen LogP contribution in [0.1, 0.15) is 26.7 Å². The molecule has 1 aliphatic heterocycles. The number of ether oxygens (including phenoxy) is 1. The van der Waals surface area contributed by atoms with Gasteiger partial charge in [0.1, 0.15) is 6.10 Å². The lowest BCUT2D eigenvalue weighted by atomic mass is 9.88. The molecule has 88 valence electrons. The van der Waals surface area contributed by atoms with Crippen LogP contribution >= 0.6 is 0 Å². The van der Waals surface area contributed by atoms with Gasteiger partial charge in [0.15, 0.2) is 0 Å². The SMILES string of the molecule is C=C1C(=O)O[C@@H]2C3=C(C)C=CC3=C(C)CC[C@@H]12. The molecule has 0 saturated carbocycles. The van der Waals surface area contributed by atoms with E-state index in [-0.39, 0.29) is 18.0 Å². The molecule has 0 aromatic heterocycles. The summed E-state index contributed by atoms with van der Waals surface area (Å²) < 4.78 is 5.52. The summed E-state index contributed by atoms with van der Waals surface area (Å²) in [5.41, 5.74) is 5.75. The molecule has 0 aromatic rings. The third-order valence-corrected chi connectivity index (χ3v) is 4.10. The van der Waals surface area contributed by atoms with Crippen LogP contribution in [0.25, 0.3) is 0 Å². The molecule has 1 fully saturated rings. The smallest absolute Gasteiger partial charge is 0.334 e. The molecule has 3 aliphatic rings. The Kier molecular flexibility index (Phi) is 2.15. The van der Waals surface area contributed by atoms with Crippen molar-refractivity contribution in [2.45, 2.75) is 32.8 Å². The van der Waals surface area contributed by atoms with E-state index in [4.69, 9.17) is 4.74 Å². The monoisotopic (exact) mass is 228 g/mol. The Labute approximate surface area is 101 Å². The fraction of sp³-hybridized carbons (Fsp3) is 0.400. The van der Waals surface area contributed by atoms with Gasteiger partial charge in [-0.1, -0.05) is 24.3 Å². The summed E-state index contributed by atoms with van der Waals surface area (Å²) in [6.45, 7) is 8.15. The summed E-state index contributed by atoms with van der Waals surface area (Å²) in [5, 5.41) is 0. The van der Waals surface area contributed by atoms with Gasteiger partial charge in [-0.25, -0.2) is 4.79 Å². The highest BCUT2D eigenvalue weighted by Crippen LogP contribution is 2.45. The van der Waals surface area contributed by atoms with Crippen molar-refractivity contribution >= 4 is 5.97 Å². The Morgan fingerprint density at radius 1 is 1.35 bits per heavy atom. The maximum Gasteiger partial charge on any atom is 0.334 e. The molecule has 0 N–H and O–H groups in total. The van der Waals surface area contributed by atoms with E-state index in [1.807, 2.05) is 0 Å². The number of rotatable bonds is 0. The van der Waals surface area contributed by atoms with E-state index < -0.39 is 0 Å². The lowest BCUT2D eigenvalue weighted by molar-refractivity contribution is -0.137. The first-order valence-electron chi connectivity index (χ1n) is 6.08. The predicted octanol–water partition coefficient (Wildman–Crippen LogP) is 3.08. The van der Waals surface area contributed by atoms with Gasteiger partial charge < -0.3 is 4.74 Å². The summed E-state index contributed by atoms with van der Waals surface area (Å²) in [4.78, 5) is 11.6. The van der Waals surface area contributed by atoms with E-state index in [0.717, 1.165) is 12.8 Å². The van der Waals surface area contributed by atoms with Crippen molar-refractivity contribution < 1.29 is 9.53 Å². The zero-order valence-electron chi connectivity index (χ0n) is 10.2. The molecule has 1 saturated heterocycles. The van der Waals surface area contributed by atoms with Crippen LogP contribution in [0.3, 0.4) is 0 Å². The number of allylic oxidation sites excluding steroid dienone is 4. The van der Waals surface area contributed by atoms with Crippen LogP contribution in [0.15, 0.2) is 46.6 Å². The molecule has 0 aromatic carbocycles. The molecule has 17 heavy (non-hydrogen) atoms. The van der Waals surface area contributed by atoms with E-state index >= 15 is 0 Å². The Morgan fingerprint density at radius 3 is 2.88 bits per heavy atom. The van der Waals surface area contributed by atoms with Crippen LogP contribution < -0.4 is 0 Å². The van der Waals surface area contributed by atoms with E-state index in [0.29, 0.717) is 5.57 Å². The van der Waals surface area contributed by atoms with Gasteiger partial charge in [-0.3, -0.25) is 0 Å². The van der Waals surface area contributed by atoms with Crippen LogP contribution in [0, 0.1) is 5.92 Å². The lowest BCUT2D eigenvalue weighted by Gasteiger charge is -2.18. The van der Waals surface area contributed by atoms with E-state index in [1.165, 1.54) is 22.3 Å². The van der Waals surface area contributed by atoms with Gasteiger partial charge in [-0.15, -0.1) is 0 Å². The minimum atomic E-state index is -0.217. The molecule has 2 heteroatoms. The second kappa shape index (κ2) is 3.46. The van der Waals surface area contributed by atoms with Gasteiger partial charge in [0, 0.05) is 17.1 Å². The van der Waals surface area contributed by atoms with Crippen LogP contribution in [0.4, 0.5) is 0 Å². The van der Waals surface area contributed by atoms with Crippen LogP contribution in [-0.4, -0.2) is 12.1 Å². The maximum absolute atomic E-state index is 11.6. The summed E-state index contributed by atoms with van der Waals surface area (Å²) in [7, 11) is 0. The molecule has 0 bridgehead atoms. The number of carbonyl (C=O) groups is 1. The zero-order chi connectivity index (χ0) is 12.2. The number of carbonyl (C=O) groups excluding carboxylic acids is 1. The second-order valence-electron chi connectivity index (χ2n) is 5.12. The molecule has 2 atom stereocenters. The van der Waals surface area contributed by atoms with Gasteiger partial charge >= 0.3 is 5.97 Å². The second-order valence-corrected chi connectivity index (χ2v) is 5.12. The molecule has 2 aliphatic carbocycles. The van der Waals surface area contributed by atoms with E-state index in [2.05, 4.69) is 32.6 Å². The van der Waals surface area contributed by atoms with Crippen LogP contribution in [-0.2, 0) is 9.53 Å². The number of fused-ring (bicyclic) bond motifs is 3. The molecule has 0 unspecified atom stereocenters.